The lowest BCUT2D eigenvalue weighted by Crippen LogP contribution is -2.34. The summed E-state index contributed by atoms with van der Waals surface area (Å²) in [4.78, 5) is 6.72. The van der Waals surface area contributed by atoms with Crippen LogP contribution < -0.4 is 10.6 Å². The summed E-state index contributed by atoms with van der Waals surface area (Å²) in [5.74, 6) is 1.67. The van der Waals surface area contributed by atoms with Gasteiger partial charge in [-0.25, -0.2) is 4.98 Å². The Bertz CT molecular complexity index is 323. The van der Waals surface area contributed by atoms with Crippen molar-refractivity contribution in [3.05, 3.63) is 23.9 Å². The van der Waals surface area contributed by atoms with Gasteiger partial charge in [-0.2, -0.15) is 0 Å². The van der Waals surface area contributed by atoms with Crippen LogP contribution in [0, 0.1) is 5.92 Å². The van der Waals surface area contributed by atoms with Crippen LogP contribution in [-0.4, -0.2) is 24.6 Å². The van der Waals surface area contributed by atoms with Gasteiger partial charge in [0.25, 0.3) is 0 Å². The van der Waals surface area contributed by atoms with Gasteiger partial charge in [0, 0.05) is 19.3 Å². The maximum atomic E-state index is 5.62. The SMILES string of the molecule is CC(C)C(C)N(C)c1ncccc1CCN. The largest absolute Gasteiger partial charge is 0.356 e. The van der Waals surface area contributed by atoms with E-state index in [4.69, 9.17) is 5.73 Å². The molecule has 0 saturated carbocycles. The molecule has 0 saturated heterocycles. The normalized spacial score (nSPS) is 12.9. The van der Waals surface area contributed by atoms with Crippen LogP contribution in [0.1, 0.15) is 26.3 Å². The van der Waals surface area contributed by atoms with Crippen molar-refractivity contribution in [2.75, 3.05) is 18.5 Å². The van der Waals surface area contributed by atoms with Gasteiger partial charge < -0.3 is 10.6 Å². The summed E-state index contributed by atoms with van der Waals surface area (Å²) in [6, 6.07) is 4.56. The fourth-order valence-corrected chi connectivity index (χ4v) is 1.74. The zero-order valence-electron chi connectivity index (χ0n) is 10.8. The molecule has 0 spiro atoms. The lowest BCUT2D eigenvalue weighted by atomic mass is 10.0. The molecule has 1 unspecified atom stereocenters. The average molecular weight is 221 g/mol. The fourth-order valence-electron chi connectivity index (χ4n) is 1.74. The summed E-state index contributed by atoms with van der Waals surface area (Å²) >= 11 is 0. The molecule has 0 amide bonds. The summed E-state index contributed by atoms with van der Waals surface area (Å²) in [6.45, 7) is 7.35. The Morgan fingerprint density at radius 2 is 2.06 bits per heavy atom. The monoisotopic (exact) mass is 221 g/mol. The van der Waals surface area contributed by atoms with E-state index in [0.717, 1.165) is 12.2 Å². The molecule has 1 heterocycles. The van der Waals surface area contributed by atoms with Crippen LogP contribution in [0.5, 0.6) is 0 Å². The third-order valence-electron chi connectivity index (χ3n) is 3.19. The minimum Gasteiger partial charge on any atom is -0.356 e. The second-order valence-corrected chi connectivity index (χ2v) is 4.62. The number of aromatic nitrogens is 1. The molecule has 0 radical (unpaired) electrons. The third kappa shape index (κ3) is 2.95. The highest BCUT2D eigenvalue weighted by Crippen LogP contribution is 2.21. The summed E-state index contributed by atoms with van der Waals surface area (Å²) in [6.07, 6.45) is 2.73. The Kier molecular flexibility index (Phi) is 4.74. The topological polar surface area (TPSA) is 42.2 Å². The molecule has 0 aliphatic heterocycles. The van der Waals surface area contributed by atoms with Crippen molar-refractivity contribution in [2.45, 2.75) is 33.2 Å². The number of nitrogens with zero attached hydrogens (tertiary/aromatic N) is 2. The van der Waals surface area contributed by atoms with Crippen molar-refractivity contribution >= 4 is 5.82 Å². The first-order valence-corrected chi connectivity index (χ1v) is 5.94. The van der Waals surface area contributed by atoms with Gasteiger partial charge in [0.05, 0.1) is 0 Å². The molecule has 1 aromatic rings. The first kappa shape index (κ1) is 13.0. The van der Waals surface area contributed by atoms with Crippen LogP contribution >= 0.6 is 0 Å². The maximum Gasteiger partial charge on any atom is 0.131 e. The number of pyridine rings is 1. The number of nitrogens with two attached hydrogens (primary N) is 1. The van der Waals surface area contributed by atoms with Crippen LogP contribution in [0.15, 0.2) is 18.3 Å². The van der Waals surface area contributed by atoms with E-state index in [-0.39, 0.29) is 0 Å². The zero-order chi connectivity index (χ0) is 12.1. The second-order valence-electron chi connectivity index (χ2n) is 4.62. The summed E-state index contributed by atoms with van der Waals surface area (Å²) in [7, 11) is 2.10. The highest BCUT2D eigenvalue weighted by Gasteiger charge is 2.16. The van der Waals surface area contributed by atoms with E-state index in [2.05, 4.69) is 43.8 Å². The molecule has 0 fully saturated rings. The summed E-state index contributed by atoms with van der Waals surface area (Å²) in [5, 5.41) is 0. The third-order valence-corrected chi connectivity index (χ3v) is 3.19. The molecule has 0 bridgehead atoms. The Balaban J connectivity index is 2.93. The van der Waals surface area contributed by atoms with E-state index in [1.54, 1.807) is 0 Å². The second kappa shape index (κ2) is 5.85. The minimum absolute atomic E-state index is 0.478. The van der Waals surface area contributed by atoms with Crippen molar-refractivity contribution in [2.24, 2.45) is 11.7 Å². The van der Waals surface area contributed by atoms with Crippen molar-refractivity contribution in [1.82, 2.24) is 4.98 Å². The van der Waals surface area contributed by atoms with Gasteiger partial charge in [0.2, 0.25) is 0 Å². The summed E-state index contributed by atoms with van der Waals surface area (Å²) < 4.78 is 0. The molecule has 0 aromatic carbocycles. The first-order valence-electron chi connectivity index (χ1n) is 5.94. The van der Waals surface area contributed by atoms with E-state index in [0.29, 0.717) is 18.5 Å². The standard InChI is InChI=1S/C13H23N3/c1-10(2)11(3)16(4)13-12(7-8-14)6-5-9-15-13/h5-6,9-11H,7-8,14H2,1-4H3. The molecule has 0 aliphatic carbocycles. The van der Waals surface area contributed by atoms with Crippen molar-refractivity contribution in [3.8, 4) is 0 Å². The summed E-state index contributed by atoms with van der Waals surface area (Å²) in [5.41, 5.74) is 6.86. The van der Waals surface area contributed by atoms with Gasteiger partial charge >= 0.3 is 0 Å². The number of hydrogen-bond acceptors (Lipinski definition) is 3. The first-order chi connectivity index (χ1) is 7.57. The average Bonchev–Trinajstić information content (AvgIpc) is 2.28. The van der Waals surface area contributed by atoms with Gasteiger partial charge in [0.1, 0.15) is 5.82 Å². The molecule has 3 heteroatoms. The highest BCUT2D eigenvalue weighted by atomic mass is 15.2. The van der Waals surface area contributed by atoms with Crippen molar-refractivity contribution in [1.29, 1.82) is 0 Å². The highest BCUT2D eigenvalue weighted by molar-refractivity contribution is 5.47. The Morgan fingerprint density at radius 1 is 1.38 bits per heavy atom. The smallest absolute Gasteiger partial charge is 0.131 e. The molecule has 1 atom stereocenters. The Morgan fingerprint density at radius 3 is 2.62 bits per heavy atom. The maximum absolute atomic E-state index is 5.62. The molecule has 2 N–H and O–H groups in total. The lowest BCUT2D eigenvalue weighted by molar-refractivity contribution is 0.501. The van der Waals surface area contributed by atoms with Crippen LogP contribution in [0.4, 0.5) is 5.82 Å². The molecule has 1 aromatic heterocycles. The number of rotatable bonds is 5. The molecule has 16 heavy (non-hydrogen) atoms. The van der Waals surface area contributed by atoms with Gasteiger partial charge in [-0.3, -0.25) is 0 Å². The zero-order valence-corrected chi connectivity index (χ0v) is 10.8. The minimum atomic E-state index is 0.478. The predicted octanol–water partition coefficient (Wildman–Crippen LogP) is 2.06. The van der Waals surface area contributed by atoms with Crippen LogP contribution in [0.2, 0.25) is 0 Å². The number of hydrogen-bond donors (Lipinski definition) is 1. The van der Waals surface area contributed by atoms with Gasteiger partial charge in [-0.05, 0) is 37.4 Å². The van der Waals surface area contributed by atoms with E-state index in [1.165, 1.54) is 5.56 Å². The molecular formula is C13H23N3. The van der Waals surface area contributed by atoms with Crippen molar-refractivity contribution in [3.63, 3.8) is 0 Å². The number of anilines is 1. The van der Waals surface area contributed by atoms with Crippen LogP contribution in [0.3, 0.4) is 0 Å². The van der Waals surface area contributed by atoms with Crippen molar-refractivity contribution < 1.29 is 0 Å². The van der Waals surface area contributed by atoms with Gasteiger partial charge in [-0.1, -0.05) is 19.9 Å². The molecule has 1 rings (SSSR count). The van der Waals surface area contributed by atoms with E-state index in [9.17, 15) is 0 Å². The quantitative estimate of drug-likeness (QED) is 0.827. The molecular weight excluding hydrogens is 198 g/mol. The van der Waals surface area contributed by atoms with Gasteiger partial charge in [-0.15, -0.1) is 0 Å². The van der Waals surface area contributed by atoms with E-state index >= 15 is 0 Å². The van der Waals surface area contributed by atoms with Crippen LogP contribution in [-0.2, 0) is 6.42 Å². The van der Waals surface area contributed by atoms with E-state index in [1.807, 2.05) is 12.3 Å². The van der Waals surface area contributed by atoms with Gasteiger partial charge in [0.15, 0.2) is 0 Å². The molecule has 0 aliphatic rings. The lowest BCUT2D eigenvalue weighted by Gasteiger charge is -2.30. The Labute approximate surface area is 98.7 Å². The molecule has 3 nitrogen and oxygen atoms in total. The van der Waals surface area contributed by atoms with Crippen LogP contribution in [0.25, 0.3) is 0 Å². The van der Waals surface area contributed by atoms with E-state index < -0.39 is 0 Å². The Hall–Kier alpha value is -1.09. The fraction of sp³-hybridized carbons (Fsp3) is 0.615. The molecule has 90 valence electrons. The predicted molar refractivity (Wildman–Crippen MR) is 69.7 cm³/mol.